The maximum absolute atomic E-state index is 15.3. The van der Waals surface area contributed by atoms with Gasteiger partial charge in [-0.3, -0.25) is 4.79 Å². The van der Waals surface area contributed by atoms with Crippen LogP contribution in [0.5, 0.6) is 0 Å². The van der Waals surface area contributed by atoms with E-state index in [1.54, 1.807) is 13.0 Å². The van der Waals surface area contributed by atoms with Gasteiger partial charge in [0.15, 0.2) is 0 Å². The monoisotopic (exact) mass is 512 g/mol. The van der Waals surface area contributed by atoms with Crippen LogP contribution in [0.25, 0.3) is 11.1 Å². The summed E-state index contributed by atoms with van der Waals surface area (Å²) in [4.78, 5) is 14.9. The van der Waals surface area contributed by atoms with Crippen molar-refractivity contribution < 1.29 is 18.0 Å². The Labute approximate surface area is 221 Å². The summed E-state index contributed by atoms with van der Waals surface area (Å²) in [5.74, 6) is 9.04. The minimum absolute atomic E-state index is 0.000882. The highest BCUT2D eigenvalue weighted by Crippen LogP contribution is 2.38. The molecule has 3 aromatic rings. The first-order chi connectivity index (χ1) is 18.5. The molecule has 6 heteroatoms. The van der Waals surface area contributed by atoms with Crippen LogP contribution in [0.2, 0.25) is 0 Å². The molecule has 1 amide bonds. The Morgan fingerprint density at radius 1 is 0.947 bits per heavy atom. The van der Waals surface area contributed by atoms with Crippen molar-refractivity contribution in [2.75, 3.05) is 13.1 Å². The normalized spacial score (nSPS) is 15.8. The first-order valence-corrected chi connectivity index (χ1v) is 12.7. The third kappa shape index (κ3) is 5.19. The van der Waals surface area contributed by atoms with Crippen LogP contribution in [-0.2, 0) is 6.54 Å². The van der Waals surface area contributed by atoms with Gasteiger partial charge in [0.05, 0.1) is 12.6 Å². The molecule has 0 radical (unpaired) electrons. The number of carbonyl (C=O) groups excluding carboxylic acids is 1. The lowest BCUT2D eigenvalue weighted by Gasteiger charge is -2.27. The van der Waals surface area contributed by atoms with Crippen molar-refractivity contribution >= 4 is 5.91 Å². The van der Waals surface area contributed by atoms with Crippen LogP contribution in [0, 0.1) is 41.1 Å². The van der Waals surface area contributed by atoms with Crippen LogP contribution in [-0.4, -0.2) is 23.9 Å². The summed E-state index contributed by atoms with van der Waals surface area (Å²) in [5.41, 5.74) is 3.14. The summed E-state index contributed by atoms with van der Waals surface area (Å²) in [5, 5.41) is 3.37. The third-order valence-corrected chi connectivity index (χ3v) is 7.33. The van der Waals surface area contributed by atoms with E-state index >= 15 is 4.39 Å². The number of benzene rings is 3. The van der Waals surface area contributed by atoms with Gasteiger partial charge in [0.1, 0.15) is 17.5 Å². The molecular weight excluding hydrogens is 485 g/mol. The number of amides is 1. The maximum atomic E-state index is 15.3. The second-order valence-corrected chi connectivity index (χ2v) is 9.63. The Kier molecular flexibility index (Phi) is 7.54. The van der Waals surface area contributed by atoms with Crippen molar-refractivity contribution in [1.82, 2.24) is 10.2 Å². The second kappa shape index (κ2) is 11.2. The molecule has 2 heterocycles. The first-order valence-electron chi connectivity index (χ1n) is 12.7. The lowest BCUT2D eigenvalue weighted by atomic mass is 9.89. The highest BCUT2D eigenvalue weighted by Gasteiger charge is 2.36. The average Bonchev–Trinajstić information content (AvgIpc) is 3.27. The van der Waals surface area contributed by atoms with Gasteiger partial charge in [-0.2, -0.15) is 0 Å². The molecule has 3 nitrogen and oxygen atoms in total. The van der Waals surface area contributed by atoms with E-state index in [2.05, 4.69) is 41.1 Å². The molecule has 0 bridgehead atoms. The van der Waals surface area contributed by atoms with Crippen LogP contribution in [0.4, 0.5) is 13.2 Å². The van der Waals surface area contributed by atoms with Gasteiger partial charge in [0.25, 0.3) is 5.91 Å². The standard InChI is InChI=1S/C32H27F3N2O/c1-2-3-4-5-6-31(27-19-25(33)11-12-29(27)34)37-20-28-26(32(37)38)17-24(18-30(28)35)22-9-7-21(8-10-22)23-13-15-36-16-14-23/h7-12,17-19,23,31,36H,6,13-16,20H2,1H3. The highest BCUT2D eigenvalue weighted by molar-refractivity contribution is 6.00. The number of carbonyl (C=O) groups is 1. The van der Waals surface area contributed by atoms with Crippen LogP contribution < -0.4 is 5.32 Å². The SMILES string of the molecule is CC#CC#CCC(c1cc(F)ccc1F)N1Cc2c(F)cc(-c3ccc(C4CCNCC4)cc3)cc2C1=O. The fraction of sp³-hybridized carbons (Fsp3) is 0.281. The van der Waals surface area contributed by atoms with Gasteiger partial charge >= 0.3 is 0 Å². The molecule has 0 spiro atoms. The minimum atomic E-state index is -0.899. The molecule has 0 saturated carbocycles. The largest absolute Gasteiger partial charge is 0.326 e. The molecule has 2 aliphatic rings. The molecular formula is C32H27F3N2O. The maximum Gasteiger partial charge on any atom is 0.255 e. The van der Waals surface area contributed by atoms with E-state index in [0.717, 1.165) is 49.7 Å². The molecule has 1 atom stereocenters. The molecule has 192 valence electrons. The van der Waals surface area contributed by atoms with E-state index < -0.39 is 29.4 Å². The van der Waals surface area contributed by atoms with Crippen molar-refractivity contribution in [3.8, 4) is 34.8 Å². The Balaban J connectivity index is 1.46. The van der Waals surface area contributed by atoms with Crippen LogP contribution in [0.15, 0.2) is 54.6 Å². The van der Waals surface area contributed by atoms with Gasteiger partial charge < -0.3 is 10.2 Å². The van der Waals surface area contributed by atoms with Crippen molar-refractivity contribution in [3.63, 3.8) is 0 Å². The van der Waals surface area contributed by atoms with Gasteiger partial charge in [-0.1, -0.05) is 36.1 Å². The van der Waals surface area contributed by atoms with Gasteiger partial charge in [0, 0.05) is 23.1 Å². The van der Waals surface area contributed by atoms with Crippen molar-refractivity contribution in [2.45, 2.75) is 44.7 Å². The Bertz CT molecular complexity index is 1490. The quantitative estimate of drug-likeness (QED) is 0.404. The number of rotatable bonds is 5. The number of nitrogens with one attached hydrogen (secondary N) is 1. The summed E-state index contributed by atoms with van der Waals surface area (Å²) in [6.45, 7) is 3.58. The van der Waals surface area contributed by atoms with Crippen molar-refractivity contribution in [2.24, 2.45) is 0 Å². The van der Waals surface area contributed by atoms with Gasteiger partial charge in [-0.05, 0) is 97.6 Å². The fourth-order valence-corrected chi connectivity index (χ4v) is 5.32. The molecule has 3 aromatic carbocycles. The molecule has 1 fully saturated rings. The van der Waals surface area contributed by atoms with E-state index in [1.165, 1.54) is 16.5 Å². The smallest absolute Gasteiger partial charge is 0.255 e. The zero-order valence-electron chi connectivity index (χ0n) is 21.1. The highest BCUT2D eigenvalue weighted by atomic mass is 19.1. The molecule has 5 rings (SSSR count). The Morgan fingerprint density at radius 3 is 2.45 bits per heavy atom. The van der Waals surface area contributed by atoms with E-state index in [4.69, 9.17) is 0 Å². The summed E-state index contributed by atoms with van der Waals surface area (Å²) >= 11 is 0. The van der Waals surface area contributed by atoms with E-state index in [9.17, 15) is 13.6 Å². The predicted octanol–water partition coefficient (Wildman–Crippen LogP) is 6.35. The Morgan fingerprint density at radius 2 is 1.71 bits per heavy atom. The zero-order valence-corrected chi connectivity index (χ0v) is 21.1. The topological polar surface area (TPSA) is 32.3 Å². The van der Waals surface area contributed by atoms with E-state index in [1.807, 2.05) is 12.1 Å². The molecule has 0 aromatic heterocycles. The van der Waals surface area contributed by atoms with Gasteiger partial charge in [-0.15, -0.1) is 0 Å². The lowest BCUT2D eigenvalue weighted by molar-refractivity contribution is 0.0700. The molecule has 1 unspecified atom stereocenters. The number of hydrogen-bond donors (Lipinski definition) is 1. The summed E-state index contributed by atoms with van der Waals surface area (Å²) in [6, 6.07) is 13.4. The molecule has 1 saturated heterocycles. The molecule has 0 aliphatic carbocycles. The van der Waals surface area contributed by atoms with Crippen LogP contribution in [0.1, 0.15) is 65.2 Å². The zero-order chi connectivity index (χ0) is 26.6. The summed E-state index contributed by atoms with van der Waals surface area (Å²) in [7, 11) is 0. The number of nitrogens with zero attached hydrogens (tertiary/aromatic N) is 1. The fourth-order valence-electron chi connectivity index (χ4n) is 5.32. The second-order valence-electron chi connectivity index (χ2n) is 9.63. The summed E-state index contributed by atoms with van der Waals surface area (Å²) in [6.07, 6.45) is 2.20. The minimum Gasteiger partial charge on any atom is -0.326 e. The predicted molar refractivity (Wildman–Crippen MR) is 141 cm³/mol. The third-order valence-electron chi connectivity index (χ3n) is 7.33. The first kappa shape index (κ1) is 25.6. The number of piperidine rings is 1. The van der Waals surface area contributed by atoms with Crippen LogP contribution >= 0.6 is 0 Å². The van der Waals surface area contributed by atoms with E-state index in [-0.39, 0.29) is 29.7 Å². The van der Waals surface area contributed by atoms with E-state index in [0.29, 0.717) is 11.5 Å². The van der Waals surface area contributed by atoms with Crippen LogP contribution in [0.3, 0.4) is 0 Å². The lowest BCUT2D eigenvalue weighted by Crippen LogP contribution is -2.29. The van der Waals surface area contributed by atoms with Crippen molar-refractivity contribution in [3.05, 3.63) is 94.3 Å². The molecule has 38 heavy (non-hydrogen) atoms. The average molecular weight is 513 g/mol. The van der Waals surface area contributed by atoms with Gasteiger partial charge in [-0.25, -0.2) is 13.2 Å². The number of hydrogen-bond acceptors (Lipinski definition) is 2. The summed E-state index contributed by atoms with van der Waals surface area (Å²) < 4.78 is 44.2. The Hall–Kier alpha value is -4.00. The number of fused-ring (bicyclic) bond motifs is 1. The molecule has 2 aliphatic heterocycles. The number of halogens is 3. The van der Waals surface area contributed by atoms with Gasteiger partial charge in [0.2, 0.25) is 0 Å². The molecule has 1 N–H and O–H groups in total. The van der Waals surface area contributed by atoms with Crippen molar-refractivity contribution in [1.29, 1.82) is 0 Å².